The number of carbonyl (C=O) groups excluding carboxylic acids is 2. The summed E-state index contributed by atoms with van der Waals surface area (Å²) < 4.78 is 5.23. The van der Waals surface area contributed by atoms with Gasteiger partial charge in [0.2, 0.25) is 5.78 Å². The molecule has 0 aromatic heterocycles. The molecule has 0 unspecified atom stereocenters. The zero-order valence-electron chi connectivity index (χ0n) is 15.7. The van der Waals surface area contributed by atoms with Crippen LogP contribution in [0.4, 0.5) is 5.69 Å². The Bertz CT molecular complexity index is 791. The Morgan fingerprint density at radius 1 is 0.880 bits per heavy atom. The van der Waals surface area contributed by atoms with E-state index in [4.69, 9.17) is 4.74 Å². The van der Waals surface area contributed by atoms with Crippen molar-refractivity contribution in [1.82, 2.24) is 0 Å². The standard InChI is InChI=1S/C21H25NO3/c1-12-7-15(4)20(16(5)8-12)22-21(24)19(23)11-18-13(2)9-17(25-6)10-14(18)3/h7-10H,11H2,1-6H3,(H,22,24). The number of carbonyl (C=O) groups is 2. The summed E-state index contributed by atoms with van der Waals surface area (Å²) >= 11 is 0. The number of methoxy groups -OCH3 is 1. The van der Waals surface area contributed by atoms with Crippen LogP contribution in [0.2, 0.25) is 0 Å². The van der Waals surface area contributed by atoms with Gasteiger partial charge in [0, 0.05) is 12.1 Å². The highest BCUT2D eigenvalue weighted by molar-refractivity contribution is 6.41. The molecule has 1 N–H and O–H groups in total. The fourth-order valence-electron chi connectivity index (χ4n) is 3.15. The van der Waals surface area contributed by atoms with Crippen LogP contribution in [0.1, 0.15) is 33.4 Å². The number of nitrogens with one attached hydrogen (secondary N) is 1. The first-order valence-electron chi connectivity index (χ1n) is 8.29. The van der Waals surface area contributed by atoms with Crippen molar-refractivity contribution in [2.24, 2.45) is 0 Å². The van der Waals surface area contributed by atoms with E-state index in [2.05, 4.69) is 5.32 Å². The largest absolute Gasteiger partial charge is 0.497 e. The SMILES string of the molecule is COc1cc(C)c(CC(=O)C(=O)Nc2c(C)cc(C)cc2C)c(C)c1. The number of hydrogen-bond donors (Lipinski definition) is 1. The van der Waals surface area contributed by atoms with E-state index in [1.807, 2.05) is 58.9 Å². The van der Waals surface area contributed by atoms with Crippen LogP contribution in [0.5, 0.6) is 5.75 Å². The summed E-state index contributed by atoms with van der Waals surface area (Å²) in [6.07, 6.45) is 0.0808. The molecule has 0 bridgehead atoms. The molecule has 0 aliphatic carbocycles. The van der Waals surface area contributed by atoms with E-state index in [0.717, 1.165) is 39.1 Å². The number of anilines is 1. The molecule has 0 radical (unpaired) electrons. The van der Waals surface area contributed by atoms with Gasteiger partial charge in [-0.15, -0.1) is 0 Å². The zero-order chi connectivity index (χ0) is 18.7. The second kappa shape index (κ2) is 7.51. The van der Waals surface area contributed by atoms with Crippen molar-refractivity contribution in [3.63, 3.8) is 0 Å². The van der Waals surface area contributed by atoms with Gasteiger partial charge < -0.3 is 10.1 Å². The normalized spacial score (nSPS) is 10.5. The molecule has 2 aromatic carbocycles. The lowest BCUT2D eigenvalue weighted by Crippen LogP contribution is -2.26. The Morgan fingerprint density at radius 3 is 1.88 bits per heavy atom. The van der Waals surface area contributed by atoms with E-state index in [1.165, 1.54) is 0 Å². The molecule has 0 spiro atoms. The van der Waals surface area contributed by atoms with E-state index < -0.39 is 11.7 Å². The fourth-order valence-corrected chi connectivity index (χ4v) is 3.15. The molecule has 0 aliphatic heterocycles. The second-order valence-electron chi connectivity index (χ2n) is 6.57. The van der Waals surface area contributed by atoms with Crippen LogP contribution in [0.25, 0.3) is 0 Å². The van der Waals surface area contributed by atoms with Gasteiger partial charge in [0.25, 0.3) is 5.91 Å². The number of amides is 1. The van der Waals surface area contributed by atoms with Crippen molar-refractivity contribution in [3.8, 4) is 5.75 Å². The highest BCUT2D eigenvalue weighted by atomic mass is 16.5. The average Bonchev–Trinajstić information content (AvgIpc) is 2.53. The highest BCUT2D eigenvalue weighted by Crippen LogP contribution is 2.24. The second-order valence-corrected chi connectivity index (χ2v) is 6.57. The first-order valence-corrected chi connectivity index (χ1v) is 8.29. The molecule has 0 atom stereocenters. The fraction of sp³-hybridized carbons (Fsp3) is 0.333. The van der Waals surface area contributed by atoms with Gasteiger partial charge in [-0.05, 0) is 74.6 Å². The minimum Gasteiger partial charge on any atom is -0.497 e. The van der Waals surface area contributed by atoms with Crippen LogP contribution < -0.4 is 10.1 Å². The van der Waals surface area contributed by atoms with Gasteiger partial charge in [0.1, 0.15) is 5.75 Å². The molecular formula is C21H25NO3. The summed E-state index contributed by atoms with van der Waals surface area (Å²) in [4.78, 5) is 24.8. The maximum absolute atomic E-state index is 12.4. The molecule has 2 rings (SSSR count). The van der Waals surface area contributed by atoms with Gasteiger partial charge in [0.05, 0.1) is 7.11 Å². The van der Waals surface area contributed by atoms with Gasteiger partial charge in [-0.1, -0.05) is 17.7 Å². The van der Waals surface area contributed by atoms with E-state index in [-0.39, 0.29) is 6.42 Å². The molecule has 1 amide bonds. The molecule has 4 heteroatoms. The number of ether oxygens (including phenoxy) is 1. The van der Waals surface area contributed by atoms with Crippen LogP contribution in [0.15, 0.2) is 24.3 Å². The van der Waals surface area contributed by atoms with Gasteiger partial charge in [-0.3, -0.25) is 9.59 Å². The minimum atomic E-state index is -0.579. The molecule has 0 saturated heterocycles. The lowest BCUT2D eigenvalue weighted by Gasteiger charge is -2.14. The first-order chi connectivity index (χ1) is 11.7. The molecule has 2 aromatic rings. The van der Waals surface area contributed by atoms with Crippen molar-refractivity contribution < 1.29 is 14.3 Å². The van der Waals surface area contributed by atoms with Crippen LogP contribution in [0, 0.1) is 34.6 Å². The third kappa shape index (κ3) is 4.27. The molecule has 0 saturated carbocycles. The Kier molecular flexibility index (Phi) is 5.62. The maximum Gasteiger partial charge on any atom is 0.292 e. The Morgan fingerprint density at radius 2 is 1.40 bits per heavy atom. The zero-order valence-corrected chi connectivity index (χ0v) is 15.7. The summed E-state index contributed by atoms with van der Waals surface area (Å²) in [6.45, 7) is 9.70. The quantitative estimate of drug-likeness (QED) is 0.838. The third-order valence-electron chi connectivity index (χ3n) is 4.41. The van der Waals surface area contributed by atoms with E-state index >= 15 is 0 Å². The summed E-state index contributed by atoms with van der Waals surface area (Å²) in [5.74, 6) is -0.276. The van der Waals surface area contributed by atoms with E-state index in [0.29, 0.717) is 5.69 Å². The number of ketones is 1. The lowest BCUT2D eigenvalue weighted by molar-refractivity contribution is -0.134. The van der Waals surface area contributed by atoms with Crippen molar-refractivity contribution in [3.05, 3.63) is 57.6 Å². The number of rotatable bonds is 5. The van der Waals surface area contributed by atoms with E-state index in [1.54, 1.807) is 7.11 Å². The summed E-state index contributed by atoms with van der Waals surface area (Å²) in [5.41, 5.74) is 6.52. The highest BCUT2D eigenvalue weighted by Gasteiger charge is 2.19. The topological polar surface area (TPSA) is 55.4 Å². The molecule has 0 fully saturated rings. The van der Waals surface area contributed by atoms with Crippen molar-refractivity contribution in [1.29, 1.82) is 0 Å². The van der Waals surface area contributed by atoms with Crippen LogP contribution in [-0.4, -0.2) is 18.8 Å². The van der Waals surface area contributed by atoms with Crippen molar-refractivity contribution in [2.45, 2.75) is 41.0 Å². The molecular weight excluding hydrogens is 314 g/mol. The van der Waals surface area contributed by atoms with Gasteiger partial charge >= 0.3 is 0 Å². The summed E-state index contributed by atoms with van der Waals surface area (Å²) in [7, 11) is 1.61. The minimum absolute atomic E-state index is 0.0808. The Hall–Kier alpha value is -2.62. The molecule has 25 heavy (non-hydrogen) atoms. The third-order valence-corrected chi connectivity index (χ3v) is 4.41. The van der Waals surface area contributed by atoms with Crippen LogP contribution in [0.3, 0.4) is 0 Å². The molecule has 4 nitrogen and oxygen atoms in total. The molecule has 0 heterocycles. The number of aryl methyl sites for hydroxylation is 5. The van der Waals surface area contributed by atoms with Crippen LogP contribution >= 0.6 is 0 Å². The van der Waals surface area contributed by atoms with E-state index in [9.17, 15) is 9.59 Å². The number of benzene rings is 2. The maximum atomic E-state index is 12.4. The predicted octanol–water partition coefficient (Wildman–Crippen LogP) is 3.99. The summed E-state index contributed by atoms with van der Waals surface area (Å²) in [6, 6.07) is 7.74. The number of hydrogen-bond acceptors (Lipinski definition) is 3. The smallest absolute Gasteiger partial charge is 0.292 e. The monoisotopic (exact) mass is 339 g/mol. The average molecular weight is 339 g/mol. The van der Waals surface area contributed by atoms with Gasteiger partial charge in [-0.25, -0.2) is 0 Å². The Labute approximate surface area is 149 Å². The predicted molar refractivity (Wildman–Crippen MR) is 100 cm³/mol. The van der Waals surface area contributed by atoms with Crippen molar-refractivity contribution >= 4 is 17.4 Å². The molecule has 132 valence electrons. The van der Waals surface area contributed by atoms with Gasteiger partial charge in [0.15, 0.2) is 0 Å². The first kappa shape index (κ1) is 18.7. The Balaban J connectivity index is 2.18. The van der Waals surface area contributed by atoms with Gasteiger partial charge in [-0.2, -0.15) is 0 Å². The van der Waals surface area contributed by atoms with Crippen LogP contribution in [-0.2, 0) is 16.0 Å². The summed E-state index contributed by atoms with van der Waals surface area (Å²) in [5, 5.41) is 2.77. The number of Topliss-reactive ketones (excluding diaryl/α,β-unsaturated/α-hetero) is 1. The lowest BCUT2D eigenvalue weighted by atomic mass is 9.97. The molecule has 0 aliphatic rings. The van der Waals surface area contributed by atoms with Crippen molar-refractivity contribution in [2.75, 3.05) is 12.4 Å².